The summed E-state index contributed by atoms with van der Waals surface area (Å²) in [4.78, 5) is 0. The highest BCUT2D eigenvalue weighted by Crippen LogP contribution is 2.35. The van der Waals surface area contributed by atoms with Crippen molar-refractivity contribution in [3.8, 4) is 0 Å². The van der Waals surface area contributed by atoms with Crippen molar-refractivity contribution in [3.05, 3.63) is 84.4 Å². The maximum atomic E-state index is 5.83. The smallest absolute Gasteiger partial charge is 0.146 e. The van der Waals surface area contributed by atoms with Crippen LogP contribution in [0.2, 0.25) is 0 Å². The first-order chi connectivity index (χ1) is 11.8. The van der Waals surface area contributed by atoms with Crippen molar-refractivity contribution in [1.82, 2.24) is 4.57 Å². The number of benzene rings is 3. The summed E-state index contributed by atoms with van der Waals surface area (Å²) >= 11 is 7.57. The standard InChI is InChI=1S/C21H17NS2/c1-15(16-9-3-2-4-10-16)24-21(23)22-19-13-7-5-11-17(19)18-12-6-8-14-20(18)22/h2-15H,1H3. The molecular weight excluding hydrogens is 330 g/mol. The molecule has 0 aliphatic heterocycles. The number of hydrogen-bond donors (Lipinski definition) is 0. The number of fused-ring (bicyclic) bond motifs is 3. The van der Waals surface area contributed by atoms with Gasteiger partial charge in [-0.25, -0.2) is 0 Å². The third-order valence-corrected chi connectivity index (χ3v) is 5.79. The summed E-state index contributed by atoms with van der Waals surface area (Å²) in [5, 5.41) is 2.82. The van der Waals surface area contributed by atoms with Crippen molar-refractivity contribution in [2.24, 2.45) is 0 Å². The topological polar surface area (TPSA) is 4.93 Å². The van der Waals surface area contributed by atoms with Gasteiger partial charge in [-0.15, -0.1) is 0 Å². The fourth-order valence-electron chi connectivity index (χ4n) is 3.12. The first-order valence-corrected chi connectivity index (χ1v) is 9.28. The Hall–Kier alpha value is -2.10. The second-order valence-electron chi connectivity index (χ2n) is 5.81. The fourth-order valence-corrected chi connectivity index (χ4v) is 4.64. The molecule has 24 heavy (non-hydrogen) atoms. The van der Waals surface area contributed by atoms with Crippen LogP contribution in [-0.4, -0.2) is 8.89 Å². The lowest BCUT2D eigenvalue weighted by Crippen LogP contribution is -2.06. The molecule has 1 heterocycles. The monoisotopic (exact) mass is 347 g/mol. The normalized spacial score (nSPS) is 12.5. The number of thioether (sulfide) groups is 1. The molecule has 4 aromatic rings. The zero-order chi connectivity index (χ0) is 16.5. The molecule has 0 amide bonds. The van der Waals surface area contributed by atoms with Crippen LogP contribution in [0.15, 0.2) is 78.9 Å². The second-order valence-corrected chi connectivity index (χ2v) is 7.78. The molecular formula is C21H17NS2. The van der Waals surface area contributed by atoms with Crippen molar-refractivity contribution in [2.45, 2.75) is 12.2 Å². The number of para-hydroxylation sites is 2. The SMILES string of the molecule is CC(SC(=S)n1c2ccccc2c2ccccc21)c1ccccc1. The van der Waals surface area contributed by atoms with E-state index >= 15 is 0 Å². The lowest BCUT2D eigenvalue weighted by atomic mass is 10.2. The number of thiocarbonyl (C=S) groups is 1. The molecule has 0 saturated heterocycles. The molecule has 1 nitrogen and oxygen atoms in total. The molecule has 1 atom stereocenters. The van der Waals surface area contributed by atoms with E-state index in [-0.39, 0.29) is 0 Å². The summed E-state index contributed by atoms with van der Waals surface area (Å²) in [5.41, 5.74) is 3.65. The van der Waals surface area contributed by atoms with Gasteiger partial charge in [0, 0.05) is 16.0 Å². The van der Waals surface area contributed by atoms with Crippen LogP contribution in [0.5, 0.6) is 0 Å². The number of aromatic nitrogens is 1. The summed E-state index contributed by atoms with van der Waals surface area (Å²) in [5.74, 6) is 0. The van der Waals surface area contributed by atoms with Crippen molar-refractivity contribution in [2.75, 3.05) is 0 Å². The van der Waals surface area contributed by atoms with Gasteiger partial charge in [-0.1, -0.05) is 90.7 Å². The quantitative estimate of drug-likeness (QED) is 0.385. The largest absolute Gasteiger partial charge is 0.295 e. The molecule has 1 unspecified atom stereocenters. The zero-order valence-corrected chi connectivity index (χ0v) is 15.0. The summed E-state index contributed by atoms with van der Waals surface area (Å²) in [6.45, 7) is 2.21. The summed E-state index contributed by atoms with van der Waals surface area (Å²) in [6, 6.07) is 27.5. The third-order valence-electron chi connectivity index (χ3n) is 4.31. The lowest BCUT2D eigenvalue weighted by molar-refractivity contribution is 1.11. The van der Waals surface area contributed by atoms with Crippen LogP contribution < -0.4 is 0 Å². The molecule has 0 radical (unpaired) electrons. The second kappa shape index (κ2) is 6.42. The van der Waals surface area contributed by atoms with Crippen LogP contribution in [0.4, 0.5) is 0 Å². The van der Waals surface area contributed by atoms with Gasteiger partial charge in [-0.2, -0.15) is 0 Å². The molecule has 118 valence electrons. The van der Waals surface area contributed by atoms with Gasteiger partial charge in [-0.3, -0.25) is 4.57 Å². The molecule has 1 aromatic heterocycles. The van der Waals surface area contributed by atoms with E-state index in [1.165, 1.54) is 27.4 Å². The van der Waals surface area contributed by atoms with Gasteiger partial charge in [0.2, 0.25) is 0 Å². The minimum absolute atomic E-state index is 0.318. The van der Waals surface area contributed by atoms with Gasteiger partial charge in [0.05, 0.1) is 11.0 Å². The Morgan fingerprint density at radius 1 is 0.792 bits per heavy atom. The number of hydrogen-bond acceptors (Lipinski definition) is 2. The Kier molecular flexibility index (Phi) is 4.13. The van der Waals surface area contributed by atoms with E-state index in [1.807, 2.05) is 6.07 Å². The van der Waals surface area contributed by atoms with Crippen molar-refractivity contribution >= 4 is 50.1 Å². The third kappa shape index (κ3) is 2.64. The van der Waals surface area contributed by atoms with Gasteiger partial charge in [0.25, 0.3) is 0 Å². The molecule has 0 saturated carbocycles. The van der Waals surface area contributed by atoms with Gasteiger partial charge in [0.15, 0.2) is 0 Å². The first kappa shape index (κ1) is 15.4. The Labute approximate surface area is 151 Å². The molecule has 3 aromatic carbocycles. The summed E-state index contributed by atoms with van der Waals surface area (Å²) in [6.07, 6.45) is 0. The van der Waals surface area contributed by atoms with E-state index in [1.54, 1.807) is 11.8 Å². The van der Waals surface area contributed by atoms with E-state index in [0.717, 1.165) is 4.32 Å². The van der Waals surface area contributed by atoms with Crippen molar-refractivity contribution < 1.29 is 0 Å². The van der Waals surface area contributed by atoms with Crippen LogP contribution in [0.25, 0.3) is 21.8 Å². The molecule has 0 aliphatic carbocycles. The van der Waals surface area contributed by atoms with Crippen LogP contribution in [0.3, 0.4) is 0 Å². The van der Waals surface area contributed by atoms with Crippen LogP contribution >= 0.6 is 24.0 Å². The summed E-state index contributed by atoms with van der Waals surface area (Å²) in [7, 11) is 0. The lowest BCUT2D eigenvalue weighted by Gasteiger charge is -2.14. The maximum absolute atomic E-state index is 5.83. The molecule has 0 aliphatic rings. The Bertz CT molecular complexity index is 965. The highest BCUT2D eigenvalue weighted by Gasteiger charge is 2.16. The van der Waals surface area contributed by atoms with E-state index < -0.39 is 0 Å². The van der Waals surface area contributed by atoms with E-state index in [9.17, 15) is 0 Å². The zero-order valence-electron chi connectivity index (χ0n) is 13.3. The minimum atomic E-state index is 0.318. The van der Waals surface area contributed by atoms with E-state index in [4.69, 9.17) is 12.2 Å². The Balaban J connectivity index is 1.79. The van der Waals surface area contributed by atoms with E-state index in [0.29, 0.717) is 5.25 Å². The number of rotatable bonds is 2. The molecule has 0 spiro atoms. The highest BCUT2D eigenvalue weighted by atomic mass is 32.2. The maximum Gasteiger partial charge on any atom is 0.146 e. The Morgan fingerprint density at radius 3 is 1.88 bits per heavy atom. The van der Waals surface area contributed by atoms with Crippen LogP contribution in [-0.2, 0) is 0 Å². The first-order valence-electron chi connectivity index (χ1n) is 8.00. The fraction of sp³-hybridized carbons (Fsp3) is 0.0952. The van der Waals surface area contributed by atoms with E-state index in [2.05, 4.69) is 84.3 Å². The predicted octanol–water partition coefficient (Wildman–Crippen LogP) is 6.42. The van der Waals surface area contributed by atoms with Gasteiger partial charge in [0.1, 0.15) is 4.32 Å². The van der Waals surface area contributed by atoms with Gasteiger partial charge in [-0.05, 0) is 24.6 Å². The predicted molar refractivity (Wildman–Crippen MR) is 110 cm³/mol. The Morgan fingerprint density at radius 2 is 1.29 bits per heavy atom. The van der Waals surface area contributed by atoms with Crippen LogP contribution in [0.1, 0.15) is 17.7 Å². The highest BCUT2D eigenvalue weighted by molar-refractivity contribution is 8.23. The van der Waals surface area contributed by atoms with Crippen LogP contribution in [0, 0.1) is 0 Å². The average molecular weight is 348 g/mol. The molecule has 3 heteroatoms. The molecule has 4 rings (SSSR count). The summed E-state index contributed by atoms with van der Waals surface area (Å²) < 4.78 is 3.10. The molecule has 0 N–H and O–H groups in total. The van der Waals surface area contributed by atoms with Gasteiger partial charge < -0.3 is 0 Å². The van der Waals surface area contributed by atoms with Crippen molar-refractivity contribution in [3.63, 3.8) is 0 Å². The number of nitrogens with zero attached hydrogens (tertiary/aromatic N) is 1. The molecule has 0 fully saturated rings. The minimum Gasteiger partial charge on any atom is -0.295 e. The average Bonchev–Trinajstić information content (AvgIpc) is 2.97. The molecule has 0 bridgehead atoms. The van der Waals surface area contributed by atoms with Crippen molar-refractivity contribution in [1.29, 1.82) is 0 Å². The van der Waals surface area contributed by atoms with Gasteiger partial charge >= 0.3 is 0 Å².